The first-order valence-corrected chi connectivity index (χ1v) is 14.7. The second-order valence-corrected chi connectivity index (χ2v) is 12.1. The van der Waals surface area contributed by atoms with E-state index in [1.807, 2.05) is 0 Å². The van der Waals surface area contributed by atoms with Crippen LogP contribution in [0.5, 0.6) is 0 Å². The van der Waals surface area contributed by atoms with Gasteiger partial charge in [-0.25, -0.2) is 8.42 Å². The van der Waals surface area contributed by atoms with Gasteiger partial charge in [0.1, 0.15) is 18.1 Å². The van der Waals surface area contributed by atoms with Gasteiger partial charge in [0, 0.05) is 31.2 Å². The van der Waals surface area contributed by atoms with Crippen LogP contribution >= 0.6 is 11.6 Å². The van der Waals surface area contributed by atoms with Crippen molar-refractivity contribution in [1.82, 2.24) is 19.4 Å². The van der Waals surface area contributed by atoms with Crippen molar-refractivity contribution in [2.24, 2.45) is 0 Å². The summed E-state index contributed by atoms with van der Waals surface area (Å²) in [5.41, 5.74) is 0. The molecule has 2 aromatic rings. The minimum Gasteiger partial charge on any atom is -0.377 e. The second kappa shape index (κ2) is 10.8. The zero-order valence-corrected chi connectivity index (χ0v) is 22.7. The van der Waals surface area contributed by atoms with Gasteiger partial charge in [0.2, 0.25) is 27.7 Å². The van der Waals surface area contributed by atoms with Gasteiger partial charge < -0.3 is 19.4 Å². The van der Waals surface area contributed by atoms with Gasteiger partial charge in [-0.3, -0.25) is 14.4 Å². The van der Waals surface area contributed by atoms with Gasteiger partial charge >= 0.3 is 0 Å². The molecule has 3 saturated heterocycles. The summed E-state index contributed by atoms with van der Waals surface area (Å²) in [4.78, 5) is 44.5. The van der Waals surface area contributed by atoms with E-state index in [1.165, 1.54) is 21.9 Å². The molecule has 10 nitrogen and oxygen atoms in total. The first-order chi connectivity index (χ1) is 18.2. The number of nitrogens with zero attached hydrogens (tertiary/aromatic N) is 3. The fraction of sp³-hybridized carbons (Fsp3) is 0.500. The molecule has 0 bridgehead atoms. The third kappa shape index (κ3) is 5.25. The smallest absolute Gasteiger partial charge is 0.247 e. The molecule has 0 aromatic heterocycles. The van der Waals surface area contributed by atoms with E-state index in [0.29, 0.717) is 30.1 Å². The Morgan fingerprint density at radius 2 is 1.76 bits per heavy atom. The lowest BCUT2D eigenvalue weighted by Gasteiger charge is -2.39. The molecular formula is C26H31ClN4O6S. The molecule has 1 N–H and O–H groups in total. The van der Waals surface area contributed by atoms with Crippen LogP contribution < -0.4 is 4.72 Å². The fourth-order valence-electron chi connectivity index (χ4n) is 5.41. The molecule has 3 heterocycles. The number of sulfonamides is 1. The van der Waals surface area contributed by atoms with Gasteiger partial charge in [0.05, 0.1) is 18.1 Å². The molecular weight excluding hydrogens is 532 g/mol. The second-order valence-electron chi connectivity index (χ2n) is 9.98. The molecule has 204 valence electrons. The van der Waals surface area contributed by atoms with E-state index in [2.05, 4.69) is 4.72 Å². The number of ether oxygens (including phenoxy) is 1. The number of halogens is 1. The van der Waals surface area contributed by atoms with E-state index in [1.54, 1.807) is 36.1 Å². The highest BCUT2D eigenvalue weighted by molar-refractivity contribution is 7.89. The lowest BCUT2D eigenvalue weighted by atomic mass is 10.1. The van der Waals surface area contributed by atoms with Crippen LogP contribution in [0.3, 0.4) is 0 Å². The summed E-state index contributed by atoms with van der Waals surface area (Å²) in [6.45, 7) is 3.90. The molecule has 12 heteroatoms. The molecule has 2 aromatic carbocycles. The number of amides is 3. The monoisotopic (exact) mass is 562 g/mol. The molecule has 2 unspecified atom stereocenters. The molecule has 0 saturated carbocycles. The summed E-state index contributed by atoms with van der Waals surface area (Å²) in [7, 11) is -3.99. The van der Waals surface area contributed by atoms with E-state index in [9.17, 15) is 22.8 Å². The molecule has 3 aliphatic rings. The number of morpholine rings is 1. The fourth-order valence-corrected chi connectivity index (χ4v) is 6.85. The van der Waals surface area contributed by atoms with Gasteiger partial charge in [-0.05, 0) is 61.2 Å². The van der Waals surface area contributed by atoms with Gasteiger partial charge in [-0.2, -0.15) is 4.72 Å². The number of carbonyl (C=O) groups excluding carboxylic acids is 3. The minimum absolute atomic E-state index is 0.0410. The van der Waals surface area contributed by atoms with Crippen molar-refractivity contribution in [3.8, 4) is 0 Å². The first-order valence-electron chi connectivity index (χ1n) is 12.8. The molecule has 5 rings (SSSR count). The van der Waals surface area contributed by atoms with Crippen LogP contribution in [0.15, 0.2) is 41.3 Å². The largest absolute Gasteiger partial charge is 0.377 e. The highest BCUT2D eigenvalue weighted by Crippen LogP contribution is 2.25. The highest BCUT2D eigenvalue weighted by Gasteiger charge is 2.43. The quantitative estimate of drug-likeness (QED) is 0.572. The van der Waals surface area contributed by atoms with Crippen LogP contribution in [-0.2, 0) is 29.1 Å². The van der Waals surface area contributed by atoms with E-state index >= 15 is 0 Å². The molecule has 3 aliphatic heterocycles. The predicted molar refractivity (Wildman–Crippen MR) is 141 cm³/mol. The number of benzene rings is 2. The molecule has 0 spiro atoms. The number of hydrogen-bond donors (Lipinski definition) is 1. The van der Waals surface area contributed by atoms with Gasteiger partial charge in [-0.15, -0.1) is 0 Å². The van der Waals surface area contributed by atoms with Crippen molar-refractivity contribution in [3.63, 3.8) is 0 Å². The first kappa shape index (κ1) is 26.9. The molecule has 38 heavy (non-hydrogen) atoms. The van der Waals surface area contributed by atoms with Gasteiger partial charge in [0.15, 0.2) is 0 Å². The maximum Gasteiger partial charge on any atom is 0.247 e. The Bertz CT molecular complexity index is 1360. The zero-order valence-electron chi connectivity index (χ0n) is 21.1. The normalized spacial score (nSPS) is 23.3. The summed E-state index contributed by atoms with van der Waals surface area (Å²) in [6.07, 6.45) is 2.12. The minimum atomic E-state index is -3.99. The Morgan fingerprint density at radius 3 is 2.53 bits per heavy atom. The van der Waals surface area contributed by atoms with Crippen molar-refractivity contribution < 1.29 is 27.5 Å². The number of fused-ring (bicyclic) bond motifs is 1. The van der Waals surface area contributed by atoms with Gasteiger partial charge in [0.25, 0.3) is 0 Å². The van der Waals surface area contributed by atoms with Crippen molar-refractivity contribution >= 4 is 50.1 Å². The summed E-state index contributed by atoms with van der Waals surface area (Å²) < 4.78 is 34.2. The van der Waals surface area contributed by atoms with Gasteiger partial charge in [-0.1, -0.05) is 23.7 Å². The summed E-state index contributed by atoms with van der Waals surface area (Å²) in [6, 6.07) is 7.30. The standard InChI is InChI=1S/C26H31ClN4O6S/c1-17(24(32)31-12-13-37-16-23(31)26(34)29-9-2-3-10-29)30-11-8-22(25(30)33)28-38(35,36)21-7-5-18-14-20(27)6-4-19(18)15-21/h4-7,14-15,17,22-23,28H,2-3,8-13,16H2,1H3/t17-,22?,23?/m0/s1. The lowest BCUT2D eigenvalue weighted by molar-refractivity contribution is -0.157. The van der Waals surface area contributed by atoms with Crippen LogP contribution in [0, 0.1) is 0 Å². The van der Waals surface area contributed by atoms with E-state index < -0.39 is 34.1 Å². The Kier molecular flexibility index (Phi) is 7.63. The third-order valence-electron chi connectivity index (χ3n) is 7.56. The van der Waals surface area contributed by atoms with Crippen LogP contribution in [0.1, 0.15) is 26.2 Å². The molecule has 0 radical (unpaired) electrons. The number of nitrogens with one attached hydrogen (secondary N) is 1. The zero-order chi connectivity index (χ0) is 27.0. The Morgan fingerprint density at radius 1 is 1.05 bits per heavy atom. The SMILES string of the molecule is C[C@@H](C(=O)N1CCOCC1C(=O)N1CCCC1)N1CCC(NS(=O)(=O)c2ccc3cc(Cl)ccc3c2)C1=O. The van der Waals surface area contributed by atoms with Crippen molar-refractivity contribution in [3.05, 3.63) is 41.4 Å². The molecule has 0 aliphatic carbocycles. The summed E-state index contributed by atoms with van der Waals surface area (Å²) >= 11 is 6.02. The van der Waals surface area contributed by atoms with E-state index in [0.717, 1.165) is 18.2 Å². The van der Waals surface area contributed by atoms with Crippen LogP contribution in [0.25, 0.3) is 10.8 Å². The van der Waals surface area contributed by atoms with E-state index in [4.69, 9.17) is 16.3 Å². The Hall–Kier alpha value is -2.73. The molecule has 3 atom stereocenters. The van der Waals surface area contributed by atoms with Crippen LogP contribution in [0.2, 0.25) is 5.02 Å². The maximum absolute atomic E-state index is 13.5. The average molecular weight is 563 g/mol. The molecule has 3 amide bonds. The number of rotatable bonds is 6. The maximum atomic E-state index is 13.5. The van der Waals surface area contributed by atoms with Crippen molar-refractivity contribution in [2.75, 3.05) is 39.4 Å². The highest BCUT2D eigenvalue weighted by atomic mass is 35.5. The topological polar surface area (TPSA) is 116 Å². The Labute approximate surface area is 226 Å². The number of likely N-dealkylation sites (tertiary alicyclic amines) is 2. The van der Waals surface area contributed by atoms with Crippen LogP contribution in [-0.4, -0.2) is 98.4 Å². The predicted octanol–water partition coefficient (Wildman–Crippen LogP) is 1.61. The third-order valence-corrected chi connectivity index (χ3v) is 9.27. The molecule has 3 fully saturated rings. The van der Waals surface area contributed by atoms with Crippen molar-refractivity contribution in [2.45, 2.75) is 49.2 Å². The average Bonchev–Trinajstić information content (AvgIpc) is 3.57. The number of carbonyl (C=O) groups is 3. The number of hydrogen-bond acceptors (Lipinski definition) is 6. The lowest BCUT2D eigenvalue weighted by Crippen LogP contribution is -2.60. The summed E-state index contributed by atoms with van der Waals surface area (Å²) in [5, 5.41) is 2.06. The van der Waals surface area contributed by atoms with E-state index in [-0.39, 0.29) is 42.8 Å². The Balaban J connectivity index is 1.26. The van der Waals surface area contributed by atoms with Crippen molar-refractivity contribution in [1.29, 1.82) is 0 Å². The summed E-state index contributed by atoms with van der Waals surface area (Å²) in [5.74, 6) is -0.924. The van der Waals surface area contributed by atoms with Crippen LogP contribution in [0.4, 0.5) is 0 Å².